The van der Waals surface area contributed by atoms with E-state index in [1.54, 1.807) is 0 Å². The van der Waals surface area contributed by atoms with Crippen molar-refractivity contribution in [1.29, 1.82) is 0 Å². The van der Waals surface area contributed by atoms with Crippen LogP contribution in [-0.2, 0) is 11.3 Å². The molecule has 3 heterocycles. The first-order valence-corrected chi connectivity index (χ1v) is 13.5. The Balaban J connectivity index is 1.20. The van der Waals surface area contributed by atoms with E-state index in [4.69, 9.17) is 15.2 Å². The Morgan fingerprint density at radius 1 is 1.08 bits per heavy atom. The first kappa shape index (κ1) is 24.1. The molecule has 0 radical (unpaired) electrons. The topological polar surface area (TPSA) is 77.0 Å². The lowest BCUT2D eigenvalue weighted by Crippen LogP contribution is -2.41. The Morgan fingerprint density at radius 2 is 1.89 bits per heavy atom. The van der Waals surface area contributed by atoms with Gasteiger partial charge in [-0.3, -0.25) is 0 Å². The summed E-state index contributed by atoms with van der Waals surface area (Å²) in [6.45, 7) is 4.00. The molecule has 6 rings (SSSR count). The predicted molar refractivity (Wildman–Crippen MR) is 148 cm³/mol. The number of nitrogens with two attached hydrogens (primary N) is 1. The van der Waals surface area contributed by atoms with Gasteiger partial charge in [0.05, 0.1) is 5.56 Å². The van der Waals surface area contributed by atoms with Crippen LogP contribution in [0.3, 0.4) is 0 Å². The molecule has 1 saturated carbocycles. The molecule has 2 aliphatic heterocycles. The molecule has 0 bridgehead atoms. The zero-order valence-corrected chi connectivity index (χ0v) is 21.6. The van der Waals surface area contributed by atoms with E-state index < -0.39 is 0 Å². The lowest BCUT2D eigenvalue weighted by molar-refractivity contribution is 0.0737. The van der Waals surface area contributed by atoms with Crippen LogP contribution in [0.15, 0.2) is 65.8 Å². The van der Waals surface area contributed by atoms with Gasteiger partial charge in [0.25, 0.3) is 0 Å². The number of aliphatic imine (C=N–C) groups is 1. The first-order valence-electron chi connectivity index (χ1n) is 13.5. The van der Waals surface area contributed by atoms with E-state index in [1.165, 1.54) is 18.7 Å². The molecule has 37 heavy (non-hydrogen) atoms. The molecule has 3 aromatic rings. The zero-order valence-electron chi connectivity index (χ0n) is 21.6. The second kappa shape index (κ2) is 10.6. The largest absolute Gasteiger partial charge is 0.489 e. The van der Waals surface area contributed by atoms with Crippen LogP contribution in [0.25, 0.3) is 11.1 Å². The van der Waals surface area contributed by atoms with Crippen molar-refractivity contribution in [2.75, 3.05) is 38.4 Å². The molecule has 2 aromatic carbocycles. The van der Waals surface area contributed by atoms with Crippen molar-refractivity contribution in [1.82, 2.24) is 9.88 Å². The number of benzene rings is 2. The van der Waals surface area contributed by atoms with Gasteiger partial charge in [-0.25, -0.2) is 4.99 Å². The van der Waals surface area contributed by atoms with E-state index in [-0.39, 0.29) is 0 Å². The van der Waals surface area contributed by atoms with Crippen molar-refractivity contribution in [3.8, 4) is 16.9 Å². The summed E-state index contributed by atoms with van der Waals surface area (Å²) in [4.78, 5) is 6.83. The van der Waals surface area contributed by atoms with Crippen molar-refractivity contribution >= 4 is 11.7 Å². The number of nitrogens with zero attached hydrogens (tertiary/aromatic N) is 3. The van der Waals surface area contributed by atoms with Crippen LogP contribution in [0.4, 0.5) is 5.82 Å². The van der Waals surface area contributed by atoms with Gasteiger partial charge < -0.3 is 30.0 Å². The smallest absolute Gasteiger partial charge is 0.132 e. The van der Waals surface area contributed by atoms with Gasteiger partial charge in [0.2, 0.25) is 0 Å². The number of fused-ring (bicyclic) bond motifs is 1. The van der Waals surface area contributed by atoms with Gasteiger partial charge in [-0.15, -0.1) is 0 Å². The van der Waals surface area contributed by atoms with Crippen LogP contribution >= 0.6 is 0 Å². The first-order chi connectivity index (χ1) is 18.2. The summed E-state index contributed by atoms with van der Waals surface area (Å²) >= 11 is 0. The van der Waals surface area contributed by atoms with Crippen LogP contribution in [0.5, 0.6) is 5.75 Å². The summed E-state index contributed by atoms with van der Waals surface area (Å²) in [5.41, 5.74) is 10.9. The number of hydrogen-bond donors (Lipinski definition) is 2. The van der Waals surface area contributed by atoms with Crippen LogP contribution in [0.2, 0.25) is 0 Å². The standard InChI is InChI=1S/C30H37N5O2/c1-34-20-33-29(31)28-27(23-8-5-9-26(16-23)37-19-21-6-3-2-4-7-21)18-35(30(28)34)25-14-22(15-25)17-32-24-10-12-36-13-11-24/h2-9,16,18,22,24-25,32H,10-15,17,19-20H2,1H3,(H2,31,33)/t22-,25-. The number of anilines is 1. The van der Waals surface area contributed by atoms with E-state index in [1.807, 2.05) is 24.3 Å². The number of ether oxygens (including phenoxy) is 2. The average Bonchev–Trinajstić information content (AvgIpc) is 3.32. The van der Waals surface area contributed by atoms with Crippen molar-refractivity contribution in [2.24, 2.45) is 16.6 Å². The normalized spacial score (nSPS) is 21.8. The molecule has 194 valence electrons. The minimum atomic E-state index is 0.481. The molecule has 1 aliphatic carbocycles. The molecule has 3 N–H and O–H groups in total. The second-order valence-corrected chi connectivity index (χ2v) is 10.6. The predicted octanol–water partition coefficient (Wildman–Crippen LogP) is 4.57. The number of rotatable bonds is 8. The Hall–Kier alpha value is -3.29. The maximum absolute atomic E-state index is 6.51. The van der Waals surface area contributed by atoms with Crippen LogP contribution in [0.1, 0.15) is 42.9 Å². The lowest BCUT2D eigenvalue weighted by Gasteiger charge is -2.40. The van der Waals surface area contributed by atoms with Gasteiger partial charge in [0.1, 0.15) is 30.7 Å². The molecular weight excluding hydrogens is 462 g/mol. The van der Waals surface area contributed by atoms with Crippen LogP contribution in [0, 0.1) is 5.92 Å². The van der Waals surface area contributed by atoms with E-state index in [0.29, 0.717) is 37.1 Å². The molecule has 1 aromatic heterocycles. The van der Waals surface area contributed by atoms with Crippen molar-refractivity contribution < 1.29 is 9.47 Å². The lowest BCUT2D eigenvalue weighted by atomic mass is 9.79. The monoisotopic (exact) mass is 499 g/mol. The highest BCUT2D eigenvalue weighted by Crippen LogP contribution is 2.45. The van der Waals surface area contributed by atoms with Gasteiger partial charge in [-0.1, -0.05) is 42.5 Å². The number of hydrogen-bond acceptors (Lipinski definition) is 6. The van der Waals surface area contributed by atoms with Gasteiger partial charge >= 0.3 is 0 Å². The average molecular weight is 500 g/mol. The quantitative estimate of drug-likeness (QED) is 0.475. The van der Waals surface area contributed by atoms with E-state index in [9.17, 15) is 0 Å². The highest BCUT2D eigenvalue weighted by Gasteiger charge is 2.35. The second-order valence-electron chi connectivity index (χ2n) is 10.6. The molecule has 7 nitrogen and oxygen atoms in total. The summed E-state index contributed by atoms with van der Waals surface area (Å²) in [6.07, 6.45) is 6.91. The molecule has 3 aliphatic rings. The Labute approximate surface area is 219 Å². The summed E-state index contributed by atoms with van der Waals surface area (Å²) in [5.74, 6) is 3.36. The summed E-state index contributed by atoms with van der Waals surface area (Å²) in [7, 11) is 2.11. The fourth-order valence-electron chi connectivity index (χ4n) is 5.80. The highest BCUT2D eigenvalue weighted by molar-refractivity contribution is 6.09. The number of aromatic nitrogens is 1. The molecule has 2 fully saturated rings. The Kier molecular flexibility index (Phi) is 6.89. The minimum Gasteiger partial charge on any atom is -0.489 e. The number of nitrogens with one attached hydrogen (secondary N) is 1. The Morgan fingerprint density at radius 3 is 2.70 bits per heavy atom. The van der Waals surface area contributed by atoms with E-state index >= 15 is 0 Å². The molecule has 0 amide bonds. The SMILES string of the molecule is CN1CN=C(N)c2c(-c3cccc(OCc4ccccc4)c3)cn([C@H]3C[C@H](CNC4CCOCC4)C3)c21. The maximum Gasteiger partial charge on any atom is 0.132 e. The molecule has 7 heteroatoms. The van der Waals surface area contributed by atoms with E-state index in [2.05, 4.69) is 63.4 Å². The van der Waals surface area contributed by atoms with Gasteiger partial charge in [0.15, 0.2) is 0 Å². The fourth-order valence-corrected chi connectivity index (χ4v) is 5.80. The number of amidine groups is 1. The maximum atomic E-state index is 6.51. The van der Waals surface area contributed by atoms with E-state index in [0.717, 1.165) is 60.6 Å². The minimum absolute atomic E-state index is 0.481. The third kappa shape index (κ3) is 5.11. The zero-order chi connectivity index (χ0) is 25.2. The van der Waals surface area contributed by atoms with Crippen molar-refractivity contribution in [3.05, 3.63) is 71.9 Å². The highest BCUT2D eigenvalue weighted by atomic mass is 16.5. The van der Waals surface area contributed by atoms with Crippen molar-refractivity contribution in [3.63, 3.8) is 0 Å². The Bertz CT molecular complexity index is 1240. The third-order valence-corrected chi connectivity index (χ3v) is 7.99. The molecule has 0 atom stereocenters. The van der Waals surface area contributed by atoms with Crippen LogP contribution in [-0.4, -0.2) is 49.9 Å². The third-order valence-electron chi connectivity index (χ3n) is 7.99. The molecule has 0 spiro atoms. The fraction of sp³-hybridized carbons (Fsp3) is 0.433. The summed E-state index contributed by atoms with van der Waals surface area (Å²) < 4.78 is 14.1. The van der Waals surface area contributed by atoms with Gasteiger partial charge in [-0.05, 0) is 61.4 Å². The molecule has 0 unspecified atom stereocenters. The van der Waals surface area contributed by atoms with Crippen LogP contribution < -0.4 is 20.7 Å². The summed E-state index contributed by atoms with van der Waals surface area (Å²) in [6, 6.07) is 19.7. The van der Waals surface area contributed by atoms with Gasteiger partial charge in [0, 0.05) is 44.1 Å². The molecule has 1 saturated heterocycles. The summed E-state index contributed by atoms with van der Waals surface area (Å²) in [5, 5.41) is 3.78. The van der Waals surface area contributed by atoms with Crippen molar-refractivity contribution in [2.45, 2.75) is 44.4 Å². The van der Waals surface area contributed by atoms with Gasteiger partial charge in [-0.2, -0.15) is 0 Å². The molecular formula is C30H37N5O2.